The van der Waals surface area contributed by atoms with Crippen LogP contribution in [0.5, 0.6) is 0 Å². The second-order valence-electron chi connectivity index (χ2n) is 4.73. The van der Waals surface area contributed by atoms with Gasteiger partial charge in [-0.05, 0) is 44.0 Å². The van der Waals surface area contributed by atoms with Gasteiger partial charge < -0.3 is 9.88 Å². The summed E-state index contributed by atoms with van der Waals surface area (Å²) in [5.41, 5.74) is 1.12. The van der Waals surface area contributed by atoms with Crippen molar-refractivity contribution in [3.8, 4) is 0 Å². The van der Waals surface area contributed by atoms with Crippen LogP contribution in [-0.4, -0.2) is 16.1 Å². The van der Waals surface area contributed by atoms with Gasteiger partial charge in [-0.15, -0.1) is 0 Å². The van der Waals surface area contributed by atoms with E-state index < -0.39 is 0 Å². The van der Waals surface area contributed by atoms with E-state index in [4.69, 9.17) is 0 Å². The standard InChI is InChI=1S/C15H20FN3/c1-13(14-4-6-15(16)7-5-14)18-8-2-3-10-19-11-9-17-12-19/h4-7,9,11-13,18H,2-3,8,10H2,1H3. The smallest absolute Gasteiger partial charge is 0.123 e. The van der Waals surface area contributed by atoms with Gasteiger partial charge in [0.25, 0.3) is 0 Å². The van der Waals surface area contributed by atoms with Crippen molar-refractivity contribution in [3.63, 3.8) is 0 Å². The van der Waals surface area contributed by atoms with Crippen LogP contribution in [-0.2, 0) is 6.54 Å². The third-order valence-electron chi connectivity index (χ3n) is 3.22. The molecule has 1 atom stereocenters. The van der Waals surface area contributed by atoms with Crippen LogP contribution in [0.2, 0.25) is 0 Å². The van der Waals surface area contributed by atoms with Crippen LogP contribution in [0.15, 0.2) is 43.0 Å². The first-order valence-corrected chi connectivity index (χ1v) is 6.70. The van der Waals surface area contributed by atoms with Crippen LogP contribution in [0.4, 0.5) is 4.39 Å². The van der Waals surface area contributed by atoms with Crippen molar-refractivity contribution in [2.45, 2.75) is 32.4 Å². The molecule has 1 unspecified atom stereocenters. The number of rotatable bonds is 7. The highest BCUT2D eigenvalue weighted by Gasteiger charge is 2.03. The van der Waals surface area contributed by atoms with E-state index in [0.29, 0.717) is 0 Å². The topological polar surface area (TPSA) is 29.9 Å². The Kier molecular flexibility index (Phi) is 5.10. The Morgan fingerprint density at radius 3 is 2.74 bits per heavy atom. The Labute approximate surface area is 113 Å². The van der Waals surface area contributed by atoms with Gasteiger partial charge in [-0.2, -0.15) is 0 Å². The van der Waals surface area contributed by atoms with Crippen LogP contribution >= 0.6 is 0 Å². The summed E-state index contributed by atoms with van der Waals surface area (Å²) in [6.07, 6.45) is 7.86. The van der Waals surface area contributed by atoms with Crippen LogP contribution in [0, 0.1) is 5.82 Å². The van der Waals surface area contributed by atoms with Crippen molar-refractivity contribution < 1.29 is 4.39 Å². The fraction of sp³-hybridized carbons (Fsp3) is 0.400. The second kappa shape index (κ2) is 7.04. The van der Waals surface area contributed by atoms with E-state index in [9.17, 15) is 4.39 Å². The summed E-state index contributed by atoms with van der Waals surface area (Å²) in [7, 11) is 0. The maximum atomic E-state index is 12.8. The number of aryl methyl sites for hydroxylation is 1. The number of hydrogen-bond acceptors (Lipinski definition) is 2. The molecule has 2 aromatic rings. The summed E-state index contributed by atoms with van der Waals surface area (Å²) in [6, 6.07) is 6.93. The lowest BCUT2D eigenvalue weighted by Crippen LogP contribution is -2.20. The van der Waals surface area contributed by atoms with Crippen LogP contribution in [0.1, 0.15) is 31.4 Å². The average molecular weight is 261 g/mol. The Morgan fingerprint density at radius 1 is 1.26 bits per heavy atom. The predicted molar refractivity (Wildman–Crippen MR) is 74.3 cm³/mol. The van der Waals surface area contributed by atoms with Crippen molar-refractivity contribution in [2.24, 2.45) is 0 Å². The van der Waals surface area contributed by atoms with Crippen molar-refractivity contribution in [3.05, 3.63) is 54.4 Å². The summed E-state index contributed by atoms with van der Waals surface area (Å²) in [5.74, 6) is -0.184. The summed E-state index contributed by atoms with van der Waals surface area (Å²) in [6.45, 7) is 4.07. The zero-order valence-electron chi connectivity index (χ0n) is 11.2. The first-order chi connectivity index (χ1) is 9.25. The van der Waals surface area contributed by atoms with Crippen LogP contribution < -0.4 is 5.32 Å². The van der Waals surface area contributed by atoms with Gasteiger partial charge in [0, 0.05) is 25.0 Å². The number of halogens is 1. The number of unbranched alkanes of at least 4 members (excludes halogenated alkanes) is 1. The fourth-order valence-corrected chi connectivity index (χ4v) is 2.03. The van der Waals surface area contributed by atoms with Crippen molar-refractivity contribution in [2.75, 3.05) is 6.54 Å². The van der Waals surface area contributed by atoms with E-state index in [2.05, 4.69) is 21.8 Å². The lowest BCUT2D eigenvalue weighted by atomic mass is 10.1. The van der Waals surface area contributed by atoms with Gasteiger partial charge in [0.05, 0.1) is 6.33 Å². The maximum absolute atomic E-state index is 12.8. The number of imidazole rings is 1. The Balaban J connectivity index is 1.63. The molecular formula is C15H20FN3. The number of nitrogens with one attached hydrogen (secondary N) is 1. The van der Waals surface area contributed by atoms with E-state index in [-0.39, 0.29) is 11.9 Å². The van der Waals surface area contributed by atoms with E-state index >= 15 is 0 Å². The molecule has 0 aliphatic heterocycles. The molecule has 0 spiro atoms. The molecule has 0 fully saturated rings. The molecule has 0 radical (unpaired) electrons. The van der Waals surface area contributed by atoms with Crippen molar-refractivity contribution >= 4 is 0 Å². The lowest BCUT2D eigenvalue weighted by Gasteiger charge is -2.14. The number of aromatic nitrogens is 2. The minimum atomic E-state index is -0.184. The molecule has 4 heteroatoms. The SMILES string of the molecule is CC(NCCCCn1ccnc1)c1ccc(F)cc1. The summed E-state index contributed by atoms with van der Waals surface area (Å²) >= 11 is 0. The predicted octanol–water partition coefficient (Wildman–Crippen LogP) is 3.15. The summed E-state index contributed by atoms with van der Waals surface area (Å²) < 4.78 is 14.9. The van der Waals surface area contributed by atoms with Gasteiger partial charge in [-0.1, -0.05) is 12.1 Å². The molecule has 1 heterocycles. The number of hydrogen-bond donors (Lipinski definition) is 1. The van der Waals surface area contributed by atoms with Crippen LogP contribution in [0.25, 0.3) is 0 Å². The quantitative estimate of drug-likeness (QED) is 0.776. The third-order valence-corrected chi connectivity index (χ3v) is 3.22. The molecule has 1 N–H and O–H groups in total. The van der Waals surface area contributed by atoms with Gasteiger partial charge in [0.15, 0.2) is 0 Å². The molecule has 1 aromatic heterocycles. The zero-order chi connectivity index (χ0) is 13.5. The molecule has 2 rings (SSSR count). The van der Waals surface area contributed by atoms with Gasteiger partial charge >= 0.3 is 0 Å². The molecule has 3 nitrogen and oxygen atoms in total. The van der Waals surface area contributed by atoms with Crippen molar-refractivity contribution in [1.82, 2.24) is 14.9 Å². The van der Waals surface area contributed by atoms with Gasteiger partial charge in [0.1, 0.15) is 5.82 Å². The minimum absolute atomic E-state index is 0.184. The highest BCUT2D eigenvalue weighted by Crippen LogP contribution is 2.12. The van der Waals surface area contributed by atoms with Gasteiger partial charge in [-0.25, -0.2) is 9.37 Å². The van der Waals surface area contributed by atoms with E-state index in [1.54, 1.807) is 6.20 Å². The first-order valence-electron chi connectivity index (χ1n) is 6.70. The van der Waals surface area contributed by atoms with Crippen molar-refractivity contribution in [1.29, 1.82) is 0 Å². The molecule has 0 aliphatic rings. The fourth-order valence-electron chi connectivity index (χ4n) is 2.03. The molecule has 0 aliphatic carbocycles. The van der Waals surface area contributed by atoms with Gasteiger partial charge in [0.2, 0.25) is 0 Å². The molecule has 0 bridgehead atoms. The first kappa shape index (κ1) is 13.7. The molecule has 0 saturated heterocycles. The highest BCUT2D eigenvalue weighted by atomic mass is 19.1. The third kappa shape index (κ3) is 4.48. The largest absolute Gasteiger partial charge is 0.337 e. The minimum Gasteiger partial charge on any atom is -0.337 e. The van der Waals surface area contributed by atoms with Gasteiger partial charge in [-0.3, -0.25) is 0 Å². The Morgan fingerprint density at radius 2 is 2.05 bits per heavy atom. The highest BCUT2D eigenvalue weighted by molar-refractivity contribution is 5.19. The zero-order valence-corrected chi connectivity index (χ0v) is 11.2. The normalized spacial score (nSPS) is 12.5. The molecule has 102 valence electrons. The Bertz CT molecular complexity index is 465. The summed E-state index contributed by atoms with van der Waals surface area (Å²) in [5, 5.41) is 3.45. The lowest BCUT2D eigenvalue weighted by molar-refractivity contribution is 0.522. The number of nitrogens with zero attached hydrogens (tertiary/aromatic N) is 2. The molecule has 19 heavy (non-hydrogen) atoms. The monoisotopic (exact) mass is 261 g/mol. The molecule has 1 aromatic carbocycles. The van der Waals surface area contributed by atoms with E-state index in [1.807, 2.05) is 24.7 Å². The average Bonchev–Trinajstić information content (AvgIpc) is 2.92. The molecule has 0 saturated carbocycles. The second-order valence-corrected chi connectivity index (χ2v) is 4.73. The molecular weight excluding hydrogens is 241 g/mol. The Hall–Kier alpha value is -1.68. The molecule has 0 amide bonds. The van der Waals surface area contributed by atoms with E-state index in [1.165, 1.54) is 12.1 Å². The van der Waals surface area contributed by atoms with E-state index in [0.717, 1.165) is 31.5 Å². The number of benzene rings is 1. The van der Waals surface area contributed by atoms with Crippen LogP contribution in [0.3, 0.4) is 0 Å². The summed E-state index contributed by atoms with van der Waals surface area (Å²) in [4.78, 5) is 4.01. The maximum Gasteiger partial charge on any atom is 0.123 e.